The largest absolute Gasteiger partial charge is 0.382 e. The molecule has 2 aromatic heterocycles. The molecule has 0 aliphatic rings. The van der Waals surface area contributed by atoms with Crippen LogP contribution < -0.4 is 5.73 Å². The molecule has 3 aromatic rings. The van der Waals surface area contributed by atoms with Crippen molar-refractivity contribution in [2.45, 2.75) is 6.92 Å². The standard InChI is InChI=1S/C14H13N5/c1-10-6-2-3-8-12(10)19-14(15)13(17-18-19)11-7-4-5-9-16-11/h2-9H,15H2,1H3. The van der Waals surface area contributed by atoms with Crippen molar-refractivity contribution >= 4 is 5.82 Å². The SMILES string of the molecule is Cc1ccccc1-n1nnc(-c2ccccn2)c1N. The molecule has 0 atom stereocenters. The topological polar surface area (TPSA) is 69.6 Å². The van der Waals surface area contributed by atoms with Crippen molar-refractivity contribution in [1.82, 2.24) is 20.0 Å². The van der Waals surface area contributed by atoms with Crippen molar-refractivity contribution in [3.8, 4) is 17.1 Å². The summed E-state index contributed by atoms with van der Waals surface area (Å²) in [4.78, 5) is 4.24. The molecular weight excluding hydrogens is 238 g/mol. The maximum absolute atomic E-state index is 6.13. The van der Waals surface area contributed by atoms with E-state index in [9.17, 15) is 0 Å². The van der Waals surface area contributed by atoms with E-state index in [1.807, 2.05) is 49.4 Å². The van der Waals surface area contributed by atoms with Crippen LogP contribution in [0.25, 0.3) is 17.1 Å². The molecular formula is C14H13N5. The predicted molar refractivity (Wildman–Crippen MR) is 73.7 cm³/mol. The van der Waals surface area contributed by atoms with E-state index in [1.54, 1.807) is 10.9 Å². The molecule has 0 unspecified atom stereocenters. The Balaban J connectivity index is 2.12. The number of para-hydroxylation sites is 1. The lowest BCUT2D eigenvalue weighted by atomic mass is 10.2. The number of hydrogen-bond donors (Lipinski definition) is 1. The highest BCUT2D eigenvalue weighted by Gasteiger charge is 2.14. The molecule has 0 aliphatic heterocycles. The first-order chi connectivity index (χ1) is 9.27. The first-order valence-corrected chi connectivity index (χ1v) is 5.96. The molecule has 0 spiro atoms. The number of pyridine rings is 1. The third-order valence-corrected chi connectivity index (χ3v) is 2.96. The predicted octanol–water partition coefficient (Wildman–Crippen LogP) is 2.22. The van der Waals surface area contributed by atoms with Crippen molar-refractivity contribution in [2.75, 3.05) is 5.73 Å². The number of anilines is 1. The molecule has 2 heterocycles. The Labute approximate surface area is 110 Å². The Morgan fingerprint density at radius 1 is 1.05 bits per heavy atom. The van der Waals surface area contributed by atoms with Gasteiger partial charge in [0.1, 0.15) is 0 Å². The van der Waals surface area contributed by atoms with Crippen LogP contribution in [0.4, 0.5) is 5.82 Å². The van der Waals surface area contributed by atoms with Crippen LogP contribution in [0.5, 0.6) is 0 Å². The molecule has 5 nitrogen and oxygen atoms in total. The second kappa shape index (κ2) is 4.53. The molecule has 19 heavy (non-hydrogen) atoms. The summed E-state index contributed by atoms with van der Waals surface area (Å²) in [7, 11) is 0. The van der Waals surface area contributed by atoms with Gasteiger partial charge in [0.15, 0.2) is 11.5 Å². The molecule has 0 aliphatic carbocycles. The van der Waals surface area contributed by atoms with Gasteiger partial charge >= 0.3 is 0 Å². The molecule has 1 aromatic carbocycles. The van der Waals surface area contributed by atoms with Crippen LogP contribution >= 0.6 is 0 Å². The molecule has 0 radical (unpaired) electrons. The average molecular weight is 251 g/mol. The highest BCUT2D eigenvalue weighted by Crippen LogP contribution is 2.24. The first kappa shape index (κ1) is 11.4. The highest BCUT2D eigenvalue weighted by molar-refractivity contribution is 5.68. The summed E-state index contributed by atoms with van der Waals surface area (Å²) in [5, 5.41) is 8.25. The quantitative estimate of drug-likeness (QED) is 0.758. The van der Waals surface area contributed by atoms with Crippen LogP contribution in [0.2, 0.25) is 0 Å². The van der Waals surface area contributed by atoms with E-state index in [1.165, 1.54) is 0 Å². The first-order valence-electron chi connectivity index (χ1n) is 5.96. The van der Waals surface area contributed by atoms with Crippen molar-refractivity contribution in [3.05, 3.63) is 54.2 Å². The molecule has 3 rings (SSSR count). The smallest absolute Gasteiger partial charge is 0.157 e. The van der Waals surface area contributed by atoms with Gasteiger partial charge in [-0.05, 0) is 30.7 Å². The van der Waals surface area contributed by atoms with E-state index < -0.39 is 0 Å². The number of hydrogen-bond acceptors (Lipinski definition) is 4. The van der Waals surface area contributed by atoms with Crippen LogP contribution in [0.1, 0.15) is 5.56 Å². The second-order valence-corrected chi connectivity index (χ2v) is 4.24. The van der Waals surface area contributed by atoms with Gasteiger partial charge in [0.2, 0.25) is 0 Å². The molecule has 0 amide bonds. The number of benzene rings is 1. The Kier molecular flexibility index (Phi) is 2.72. The third-order valence-electron chi connectivity index (χ3n) is 2.96. The zero-order valence-corrected chi connectivity index (χ0v) is 10.5. The van der Waals surface area contributed by atoms with Crippen molar-refractivity contribution in [1.29, 1.82) is 0 Å². The fraction of sp³-hybridized carbons (Fsp3) is 0.0714. The van der Waals surface area contributed by atoms with Gasteiger partial charge in [-0.25, -0.2) is 0 Å². The van der Waals surface area contributed by atoms with Gasteiger partial charge in [0, 0.05) is 6.20 Å². The zero-order chi connectivity index (χ0) is 13.2. The van der Waals surface area contributed by atoms with Gasteiger partial charge in [-0.15, -0.1) is 5.10 Å². The van der Waals surface area contributed by atoms with Crippen LogP contribution in [0.15, 0.2) is 48.7 Å². The van der Waals surface area contributed by atoms with Crippen LogP contribution in [-0.4, -0.2) is 20.0 Å². The maximum Gasteiger partial charge on any atom is 0.157 e. The molecule has 0 fully saturated rings. The van der Waals surface area contributed by atoms with Crippen LogP contribution in [0.3, 0.4) is 0 Å². The summed E-state index contributed by atoms with van der Waals surface area (Å²) < 4.78 is 1.64. The van der Waals surface area contributed by atoms with Gasteiger partial charge in [-0.3, -0.25) is 4.98 Å². The Morgan fingerprint density at radius 2 is 1.84 bits per heavy atom. The van der Waals surface area contributed by atoms with Crippen molar-refractivity contribution in [3.63, 3.8) is 0 Å². The fourth-order valence-electron chi connectivity index (χ4n) is 1.95. The number of nitrogens with zero attached hydrogens (tertiary/aromatic N) is 4. The minimum atomic E-state index is 0.494. The van der Waals surface area contributed by atoms with E-state index in [0.717, 1.165) is 16.9 Å². The van der Waals surface area contributed by atoms with Gasteiger partial charge in [0.05, 0.1) is 11.4 Å². The van der Waals surface area contributed by atoms with E-state index in [4.69, 9.17) is 5.73 Å². The lowest BCUT2D eigenvalue weighted by molar-refractivity contribution is 0.805. The van der Waals surface area contributed by atoms with E-state index in [2.05, 4.69) is 15.3 Å². The summed E-state index contributed by atoms with van der Waals surface area (Å²) in [6.07, 6.45) is 1.71. The molecule has 2 N–H and O–H groups in total. The maximum atomic E-state index is 6.13. The lowest BCUT2D eigenvalue weighted by Gasteiger charge is -2.06. The fourth-order valence-corrected chi connectivity index (χ4v) is 1.95. The van der Waals surface area contributed by atoms with Gasteiger partial charge < -0.3 is 5.73 Å². The normalized spacial score (nSPS) is 10.6. The highest BCUT2D eigenvalue weighted by atomic mass is 15.5. The number of nitrogen functional groups attached to an aromatic ring is 1. The molecule has 0 saturated carbocycles. The van der Waals surface area contributed by atoms with Crippen LogP contribution in [-0.2, 0) is 0 Å². The third kappa shape index (κ3) is 1.95. The Bertz CT molecular complexity index is 703. The average Bonchev–Trinajstić information content (AvgIpc) is 2.82. The zero-order valence-electron chi connectivity index (χ0n) is 10.5. The summed E-state index contributed by atoms with van der Waals surface area (Å²) >= 11 is 0. The monoisotopic (exact) mass is 251 g/mol. The van der Waals surface area contributed by atoms with E-state index in [0.29, 0.717) is 11.5 Å². The molecule has 94 valence electrons. The van der Waals surface area contributed by atoms with Crippen LogP contribution in [0, 0.1) is 6.92 Å². The summed E-state index contributed by atoms with van der Waals surface area (Å²) in [5.41, 5.74) is 9.47. The van der Waals surface area contributed by atoms with Crippen molar-refractivity contribution < 1.29 is 0 Å². The molecule has 5 heteroatoms. The summed E-state index contributed by atoms with van der Waals surface area (Å²) in [5.74, 6) is 0.494. The lowest BCUT2D eigenvalue weighted by Crippen LogP contribution is -2.04. The minimum absolute atomic E-state index is 0.494. The van der Waals surface area contributed by atoms with Gasteiger partial charge in [-0.1, -0.05) is 29.5 Å². The Hall–Kier alpha value is -2.69. The molecule has 0 saturated heterocycles. The summed E-state index contributed by atoms with van der Waals surface area (Å²) in [6.45, 7) is 2.01. The second-order valence-electron chi connectivity index (χ2n) is 4.24. The van der Waals surface area contributed by atoms with E-state index in [-0.39, 0.29) is 0 Å². The number of nitrogens with two attached hydrogens (primary N) is 1. The van der Waals surface area contributed by atoms with E-state index >= 15 is 0 Å². The molecule has 0 bridgehead atoms. The minimum Gasteiger partial charge on any atom is -0.382 e. The van der Waals surface area contributed by atoms with Crippen molar-refractivity contribution in [2.24, 2.45) is 0 Å². The number of rotatable bonds is 2. The number of aryl methyl sites for hydroxylation is 1. The Morgan fingerprint density at radius 3 is 2.58 bits per heavy atom. The summed E-state index contributed by atoms with van der Waals surface area (Å²) in [6, 6.07) is 13.5. The van der Waals surface area contributed by atoms with Gasteiger partial charge in [0.25, 0.3) is 0 Å². The van der Waals surface area contributed by atoms with Gasteiger partial charge in [-0.2, -0.15) is 4.68 Å². The number of aromatic nitrogens is 4.